The number of hydrogen-bond donors (Lipinski definition) is 2. The molecule has 1 aromatic carbocycles. The van der Waals surface area contributed by atoms with Crippen LogP contribution in [0.15, 0.2) is 18.2 Å². The van der Waals surface area contributed by atoms with Crippen molar-refractivity contribution in [3.05, 3.63) is 35.4 Å². The maximum Gasteiger partial charge on any atom is 0.257 e. The van der Waals surface area contributed by atoms with Gasteiger partial charge in [0, 0.05) is 6.54 Å². The lowest BCUT2D eigenvalue weighted by molar-refractivity contribution is 0.0945. The number of carbonyl (C=O) groups is 1. The quantitative estimate of drug-likeness (QED) is 0.625. The van der Waals surface area contributed by atoms with E-state index in [2.05, 4.69) is 17.5 Å². The minimum Gasteiger partial charge on any atom is -0.393 e. The van der Waals surface area contributed by atoms with Crippen LogP contribution in [0.3, 0.4) is 0 Å². The van der Waals surface area contributed by atoms with Gasteiger partial charge in [0.2, 0.25) is 0 Å². The van der Waals surface area contributed by atoms with Gasteiger partial charge >= 0.3 is 0 Å². The summed E-state index contributed by atoms with van der Waals surface area (Å²) >= 11 is 4.65. The minimum absolute atomic E-state index is 0.268. The van der Waals surface area contributed by atoms with E-state index in [1.165, 1.54) is 6.07 Å². The number of amides is 1. The van der Waals surface area contributed by atoms with Crippen LogP contribution in [0.4, 0.5) is 8.78 Å². The number of thiocarbonyl (C=S) groups is 1. The highest BCUT2D eigenvalue weighted by Gasteiger charge is 2.15. The van der Waals surface area contributed by atoms with Crippen LogP contribution in [-0.4, -0.2) is 17.4 Å². The highest BCUT2D eigenvalue weighted by Crippen LogP contribution is 2.11. The van der Waals surface area contributed by atoms with Gasteiger partial charge in [0.25, 0.3) is 5.91 Å². The lowest BCUT2D eigenvalue weighted by atomic mass is 10.2. The second-order valence-electron chi connectivity index (χ2n) is 3.42. The third-order valence-electron chi connectivity index (χ3n) is 2.08. The molecular formula is C11H12F2N2OS. The van der Waals surface area contributed by atoms with Gasteiger partial charge in [-0.25, -0.2) is 8.78 Å². The van der Waals surface area contributed by atoms with Gasteiger partial charge in [-0.15, -0.1) is 0 Å². The number of rotatable bonds is 5. The van der Waals surface area contributed by atoms with E-state index in [0.29, 0.717) is 17.8 Å². The number of halogens is 2. The van der Waals surface area contributed by atoms with Crippen molar-refractivity contribution in [3.8, 4) is 0 Å². The third-order valence-corrected chi connectivity index (χ3v) is 2.28. The molecule has 0 aliphatic rings. The average molecular weight is 258 g/mol. The standard InChI is InChI=1S/C11H12F2N2OS/c12-7-3-1-4-8(13)10(7)11(16)15-6-2-5-9(14)17/h1,3-4H,2,5-6H2,(H2,14,17)(H,15,16). The molecule has 0 radical (unpaired) electrons. The summed E-state index contributed by atoms with van der Waals surface area (Å²) in [5.74, 6) is -2.53. The monoisotopic (exact) mass is 258 g/mol. The Morgan fingerprint density at radius 1 is 1.35 bits per heavy atom. The first-order valence-electron chi connectivity index (χ1n) is 5.03. The Bertz CT molecular complexity index is 417. The molecule has 0 saturated carbocycles. The van der Waals surface area contributed by atoms with Crippen molar-refractivity contribution in [3.63, 3.8) is 0 Å². The summed E-state index contributed by atoms with van der Waals surface area (Å²) in [6.45, 7) is 0.268. The lowest BCUT2D eigenvalue weighted by Gasteiger charge is -2.06. The second kappa shape index (κ2) is 6.24. The number of nitrogens with two attached hydrogens (primary N) is 1. The molecule has 1 aromatic rings. The van der Waals surface area contributed by atoms with Gasteiger partial charge in [-0.2, -0.15) is 0 Å². The van der Waals surface area contributed by atoms with E-state index >= 15 is 0 Å². The molecule has 0 aliphatic carbocycles. The fourth-order valence-electron chi connectivity index (χ4n) is 1.27. The summed E-state index contributed by atoms with van der Waals surface area (Å²) in [4.78, 5) is 11.8. The van der Waals surface area contributed by atoms with Crippen LogP contribution in [0.25, 0.3) is 0 Å². The first-order valence-corrected chi connectivity index (χ1v) is 5.43. The summed E-state index contributed by atoms with van der Waals surface area (Å²) in [6.07, 6.45) is 1.02. The highest BCUT2D eigenvalue weighted by molar-refractivity contribution is 7.80. The predicted molar refractivity (Wildman–Crippen MR) is 64.7 cm³/mol. The molecule has 3 nitrogen and oxygen atoms in total. The van der Waals surface area contributed by atoms with E-state index in [-0.39, 0.29) is 6.54 Å². The Morgan fingerprint density at radius 3 is 2.47 bits per heavy atom. The number of benzene rings is 1. The Hall–Kier alpha value is -1.56. The molecule has 0 spiro atoms. The Morgan fingerprint density at radius 2 is 1.94 bits per heavy atom. The normalized spacial score (nSPS) is 10.0. The van der Waals surface area contributed by atoms with Crippen molar-refractivity contribution in [1.82, 2.24) is 5.32 Å². The number of carbonyl (C=O) groups excluding carboxylic acids is 1. The Kier molecular flexibility index (Phi) is 4.96. The molecule has 17 heavy (non-hydrogen) atoms. The van der Waals surface area contributed by atoms with Gasteiger partial charge in [-0.05, 0) is 25.0 Å². The molecule has 0 aliphatic heterocycles. The molecule has 0 atom stereocenters. The van der Waals surface area contributed by atoms with Gasteiger partial charge in [0.1, 0.15) is 17.2 Å². The molecule has 0 heterocycles. The Labute approximate surface area is 103 Å². The van der Waals surface area contributed by atoms with Crippen molar-refractivity contribution in [2.75, 3.05) is 6.54 Å². The van der Waals surface area contributed by atoms with E-state index in [1.807, 2.05) is 0 Å². The zero-order chi connectivity index (χ0) is 12.8. The summed E-state index contributed by atoms with van der Waals surface area (Å²) in [5.41, 5.74) is 4.70. The first kappa shape index (κ1) is 13.5. The van der Waals surface area contributed by atoms with E-state index < -0.39 is 23.1 Å². The van der Waals surface area contributed by atoms with E-state index in [9.17, 15) is 13.6 Å². The predicted octanol–water partition coefficient (Wildman–Crippen LogP) is 1.76. The van der Waals surface area contributed by atoms with E-state index in [1.54, 1.807) is 0 Å². The molecule has 0 saturated heterocycles. The third kappa shape index (κ3) is 4.07. The smallest absolute Gasteiger partial charge is 0.257 e. The Balaban J connectivity index is 2.55. The molecule has 0 fully saturated rings. The van der Waals surface area contributed by atoms with Gasteiger partial charge in [-0.1, -0.05) is 18.3 Å². The molecule has 0 aromatic heterocycles. The van der Waals surface area contributed by atoms with Crippen molar-refractivity contribution in [2.24, 2.45) is 5.73 Å². The van der Waals surface area contributed by atoms with Crippen LogP contribution in [0, 0.1) is 11.6 Å². The van der Waals surface area contributed by atoms with Crippen LogP contribution < -0.4 is 11.1 Å². The largest absolute Gasteiger partial charge is 0.393 e. The van der Waals surface area contributed by atoms with Gasteiger partial charge in [0.15, 0.2) is 0 Å². The van der Waals surface area contributed by atoms with Crippen molar-refractivity contribution in [1.29, 1.82) is 0 Å². The van der Waals surface area contributed by atoms with Gasteiger partial charge in [-0.3, -0.25) is 4.79 Å². The lowest BCUT2D eigenvalue weighted by Crippen LogP contribution is -2.27. The number of hydrogen-bond acceptors (Lipinski definition) is 2. The molecule has 6 heteroatoms. The zero-order valence-electron chi connectivity index (χ0n) is 9.00. The molecular weight excluding hydrogens is 246 g/mol. The van der Waals surface area contributed by atoms with Crippen LogP contribution in [0.1, 0.15) is 23.2 Å². The van der Waals surface area contributed by atoms with Crippen molar-refractivity contribution in [2.45, 2.75) is 12.8 Å². The molecule has 1 rings (SSSR count). The average Bonchev–Trinajstić information content (AvgIpc) is 2.24. The van der Waals surface area contributed by atoms with Crippen LogP contribution >= 0.6 is 12.2 Å². The second-order valence-corrected chi connectivity index (χ2v) is 3.95. The van der Waals surface area contributed by atoms with E-state index in [0.717, 1.165) is 12.1 Å². The van der Waals surface area contributed by atoms with Crippen molar-refractivity contribution >= 4 is 23.1 Å². The van der Waals surface area contributed by atoms with Gasteiger partial charge in [0.05, 0.1) is 4.99 Å². The zero-order valence-corrected chi connectivity index (χ0v) is 9.82. The summed E-state index contributed by atoms with van der Waals surface area (Å²) < 4.78 is 26.4. The van der Waals surface area contributed by atoms with Crippen LogP contribution in [0.2, 0.25) is 0 Å². The maximum absolute atomic E-state index is 13.2. The molecule has 1 amide bonds. The van der Waals surface area contributed by atoms with Crippen molar-refractivity contribution < 1.29 is 13.6 Å². The fourth-order valence-corrected chi connectivity index (χ4v) is 1.41. The van der Waals surface area contributed by atoms with E-state index in [4.69, 9.17) is 5.73 Å². The first-order chi connectivity index (χ1) is 8.02. The maximum atomic E-state index is 13.2. The summed E-state index contributed by atoms with van der Waals surface area (Å²) in [6, 6.07) is 3.27. The summed E-state index contributed by atoms with van der Waals surface area (Å²) in [5, 5.41) is 2.40. The highest BCUT2D eigenvalue weighted by atomic mass is 32.1. The van der Waals surface area contributed by atoms with Crippen LogP contribution in [-0.2, 0) is 0 Å². The molecule has 0 unspecified atom stereocenters. The van der Waals surface area contributed by atoms with Crippen LogP contribution in [0.5, 0.6) is 0 Å². The number of nitrogens with one attached hydrogen (secondary N) is 1. The SMILES string of the molecule is NC(=S)CCCNC(=O)c1c(F)cccc1F. The van der Waals surface area contributed by atoms with Gasteiger partial charge < -0.3 is 11.1 Å². The minimum atomic E-state index is -0.878. The molecule has 0 bridgehead atoms. The molecule has 3 N–H and O–H groups in total. The topological polar surface area (TPSA) is 55.1 Å². The molecule has 92 valence electrons. The summed E-state index contributed by atoms with van der Waals surface area (Å²) in [7, 11) is 0. The fraction of sp³-hybridized carbons (Fsp3) is 0.273.